The topological polar surface area (TPSA) is 178 Å². The Morgan fingerprint density at radius 1 is 1.07 bits per heavy atom. The van der Waals surface area contributed by atoms with Crippen LogP contribution in [0.3, 0.4) is 0 Å². The number of aromatic amines is 2. The molecule has 244 valence electrons. The number of aliphatic hydroxyl groups excluding tert-OH is 1. The number of imide groups is 1. The van der Waals surface area contributed by atoms with Crippen LogP contribution >= 0.6 is 0 Å². The number of nitrogens with zero attached hydrogens (tertiary/aromatic N) is 3. The van der Waals surface area contributed by atoms with E-state index in [0.29, 0.717) is 42.0 Å². The summed E-state index contributed by atoms with van der Waals surface area (Å²) in [6.45, 7) is 5.16. The molecule has 46 heavy (non-hydrogen) atoms. The molecule has 0 saturated carbocycles. The summed E-state index contributed by atoms with van der Waals surface area (Å²) in [5, 5.41) is 13.7. The van der Waals surface area contributed by atoms with E-state index in [1.54, 1.807) is 25.2 Å². The third-order valence-corrected chi connectivity index (χ3v) is 8.75. The molecule has 3 heterocycles. The standard InChI is InChI=1S/C32H38N6O7S/c1-19-6-7-27(20(2)14-19)45-18-21(39)17-34-24-8-9-33-30(40)28(24)29-35-25-15-22-23(16-26(25)36-29)32(42)38(31(22)41)11-5-10-37(3)12-13-46(4,43)44/h6-9,14-16,21,39H,5,10-13,17-18H2,1-4H3,(H,35,36)(H2,33,34,40)/t21-/m1/s1. The van der Waals surface area contributed by atoms with Crippen molar-refractivity contribution in [3.8, 4) is 17.1 Å². The third-order valence-electron chi connectivity index (χ3n) is 7.83. The van der Waals surface area contributed by atoms with Crippen molar-refractivity contribution in [1.29, 1.82) is 0 Å². The van der Waals surface area contributed by atoms with Crippen LogP contribution in [-0.4, -0.2) is 108 Å². The Morgan fingerprint density at radius 2 is 1.80 bits per heavy atom. The number of pyridine rings is 1. The lowest BCUT2D eigenvalue weighted by Gasteiger charge is -2.18. The van der Waals surface area contributed by atoms with Gasteiger partial charge in [-0.15, -0.1) is 0 Å². The predicted octanol–water partition coefficient (Wildman–Crippen LogP) is 2.35. The zero-order valence-electron chi connectivity index (χ0n) is 26.2. The highest BCUT2D eigenvalue weighted by Gasteiger charge is 2.36. The summed E-state index contributed by atoms with van der Waals surface area (Å²) < 4.78 is 28.6. The van der Waals surface area contributed by atoms with E-state index in [2.05, 4.69) is 20.3 Å². The highest BCUT2D eigenvalue weighted by atomic mass is 32.2. The number of ether oxygens (including phenoxy) is 1. The maximum absolute atomic E-state index is 13.2. The molecule has 1 aliphatic heterocycles. The van der Waals surface area contributed by atoms with Crippen molar-refractivity contribution in [3.05, 3.63) is 75.2 Å². The molecule has 0 unspecified atom stereocenters. The Hall–Kier alpha value is -4.53. The number of nitrogens with one attached hydrogen (secondary N) is 3. The molecule has 2 aromatic carbocycles. The number of hydrogen-bond acceptors (Lipinski definition) is 10. The molecule has 1 aliphatic rings. The van der Waals surface area contributed by atoms with Gasteiger partial charge in [-0.05, 0) is 63.7 Å². The number of aromatic nitrogens is 3. The lowest BCUT2D eigenvalue weighted by molar-refractivity contribution is 0.0648. The fourth-order valence-electron chi connectivity index (χ4n) is 5.34. The number of sulfone groups is 1. The summed E-state index contributed by atoms with van der Waals surface area (Å²) in [7, 11) is -1.29. The van der Waals surface area contributed by atoms with Crippen LogP contribution < -0.4 is 15.6 Å². The second-order valence-electron chi connectivity index (χ2n) is 11.8. The van der Waals surface area contributed by atoms with Crippen molar-refractivity contribution in [2.75, 3.05) is 57.2 Å². The summed E-state index contributed by atoms with van der Waals surface area (Å²) >= 11 is 0. The minimum Gasteiger partial charge on any atom is -0.491 e. The molecule has 2 aromatic heterocycles. The highest BCUT2D eigenvalue weighted by molar-refractivity contribution is 7.90. The van der Waals surface area contributed by atoms with Crippen LogP contribution in [0.15, 0.2) is 47.4 Å². The summed E-state index contributed by atoms with van der Waals surface area (Å²) in [6, 6.07) is 10.6. The number of aliphatic hydroxyl groups is 1. The number of amides is 2. The second-order valence-corrected chi connectivity index (χ2v) is 14.0. The third kappa shape index (κ3) is 7.46. The predicted molar refractivity (Wildman–Crippen MR) is 175 cm³/mol. The van der Waals surface area contributed by atoms with Crippen LogP contribution in [0.5, 0.6) is 5.75 Å². The van der Waals surface area contributed by atoms with E-state index in [-0.39, 0.29) is 48.0 Å². The lowest BCUT2D eigenvalue weighted by atomic mass is 10.1. The van der Waals surface area contributed by atoms with Crippen LogP contribution in [0.25, 0.3) is 22.4 Å². The maximum Gasteiger partial charge on any atom is 0.261 e. The Morgan fingerprint density at radius 3 is 2.52 bits per heavy atom. The molecule has 13 nitrogen and oxygen atoms in total. The molecule has 4 N–H and O–H groups in total. The van der Waals surface area contributed by atoms with Gasteiger partial charge in [-0.1, -0.05) is 17.7 Å². The van der Waals surface area contributed by atoms with Crippen LogP contribution in [0.1, 0.15) is 38.3 Å². The van der Waals surface area contributed by atoms with Crippen molar-refractivity contribution < 1.29 is 27.9 Å². The van der Waals surface area contributed by atoms with Gasteiger partial charge in [-0.2, -0.15) is 0 Å². The first kappa shape index (κ1) is 32.9. The summed E-state index contributed by atoms with van der Waals surface area (Å²) in [6.07, 6.45) is 2.29. The molecular formula is C32H38N6O7S. The van der Waals surface area contributed by atoms with Gasteiger partial charge in [-0.25, -0.2) is 13.4 Å². The monoisotopic (exact) mass is 650 g/mol. The number of carbonyl (C=O) groups excluding carboxylic acids is 2. The molecule has 14 heteroatoms. The van der Waals surface area contributed by atoms with Crippen molar-refractivity contribution >= 4 is 38.4 Å². The zero-order valence-corrected chi connectivity index (χ0v) is 27.0. The van der Waals surface area contributed by atoms with E-state index < -0.39 is 33.3 Å². The van der Waals surface area contributed by atoms with E-state index in [1.807, 2.05) is 36.9 Å². The number of fused-ring (bicyclic) bond motifs is 2. The number of rotatable bonds is 14. The molecule has 4 aromatic rings. The van der Waals surface area contributed by atoms with E-state index >= 15 is 0 Å². The van der Waals surface area contributed by atoms with Crippen LogP contribution in [0, 0.1) is 13.8 Å². The first-order valence-corrected chi connectivity index (χ1v) is 17.0. The molecule has 2 amide bonds. The van der Waals surface area contributed by atoms with Crippen molar-refractivity contribution in [2.45, 2.75) is 26.4 Å². The normalized spacial score (nSPS) is 13.9. The largest absolute Gasteiger partial charge is 0.491 e. The number of H-pyrrole nitrogens is 2. The highest BCUT2D eigenvalue weighted by Crippen LogP contribution is 2.30. The Balaban J connectivity index is 1.26. The van der Waals surface area contributed by atoms with Gasteiger partial charge in [0, 0.05) is 32.1 Å². The Bertz CT molecular complexity index is 1900. The number of anilines is 1. The van der Waals surface area contributed by atoms with Gasteiger partial charge in [0.15, 0.2) is 0 Å². The summed E-state index contributed by atoms with van der Waals surface area (Å²) in [4.78, 5) is 52.6. The quantitative estimate of drug-likeness (QED) is 0.148. The van der Waals surface area contributed by atoms with E-state index in [4.69, 9.17) is 4.74 Å². The van der Waals surface area contributed by atoms with Crippen LogP contribution in [0.4, 0.5) is 5.69 Å². The lowest BCUT2D eigenvalue weighted by Crippen LogP contribution is -2.33. The van der Waals surface area contributed by atoms with Crippen LogP contribution in [0.2, 0.25) is 0 Å². The zero-order chi connectivity index (χ0) is 33.2. The molecule has 0 bridgehead atoms. The van der Waals surface area contributed by atoms with Gasteiger partial charge in [0.2, 0.25) is 0 Å². The molecule has 0 saturated heterocycles. The molecule has 0 aliphatic carbocycles. The van der Waals surface area contributed by atoms with E-state index in [0.717, 1.165) is 11.1 Å². The summed E-state index contributed by atoms with van der Waals surface area (Å²) in [5.74, 6) is 0.106. The number of hydrogen-bond donors (Lipinski definition) is 4. The fourth-order valence-corrected chi connectivity index (χ4v) is 5.99. The second kappa shape index (κ2) is 13.4. The number of imidazole rings is 1. The van der Waals surface area contributed by atoms with Gasteiger partial charge in [0.25, 0.3) is 17.4 Å². The number of carbonyl (C=O) groups is 2. The molecule has 1 atom stereocenters. The van der Waals surface area contributed by atoms with Gasteiger partial charge in [-0.3, -0.25) is 19.3 Å². The average molecular weight is 651 g/mol. The first-order chi connectivity index (χ1) is 21.8. The molecular weight excluding hydrogens is 612 g/mol. The molecule has 5 rings (SSSR count). The van der Waals surface area contributed by atoms with Gasteiger partial charge >= 0.3 is 0 Å². The van der Waals surface area contributed by atoms with Gasteiger partial charge in [0.05, 0.1) is 33.6 Å². The minimum atomic E-state index is -3.08. The molecule has 0 radical (unpaired) electrons. The van der Waals surface area contributed by atoms with E-state index in [9.17, 15) is 27.9 Å². The van der Waals surface area contributed by atoms with Gasteiger partial charge < -0.3 is 30.0 Å². The smallest absolute Gasteiger partial charge is 0.261 e. The maximum atomic E-state index is 13.2. The fraction of sp³-hybridized carbons (Fsp3) is 0.375. The van der Waals surface area contributed by atoms with Crippen molar-refractivity contribution in [1.82, 2.24) is 24.8 Å². The number of aryl methyl sites for hydroxylation is 2. The summed E-state index contributed by atoms with van der Waals surface area (Å²) in [5.41, 5.74) is 3.67. The molecule has 0 spiro atoms. The van der Waals surface area contributed by atoms with Gasteiger partial charge in [0.1, 0.15) is 39.7 Å². The minimum absolute atomic E-state index is 0.0369. The van der Waals surface area contributed by atoms with E-state index in [1.165, 1.54) is 17.4 Å². The Labute approximate surface area is 266 Å². The average Bonchev–Trinajstić information content (AvgIpc) is 3.50. The first-order valence-electron chi connectivity index (χ1n) is 14.9. The Kier molecular flexibility index (Phi) is 9.60. The van der Waals surface area contributed by atoms with Crippen LogP contribution in [-0.2, 0) is 9.84 Å². The molecule has 0 fully saturated rings. The number of benzene rings is 2. The van der Waals surface area contributed by atoms with Crippen molar-refractivity contribution in [3.63, 3.8) is 0 Å². The SMILES string of the molecule is Cc1ccc(OC[C@H](O)CNc2cc[nH]c(=O)c2-c2nc3cc4c(cc3[nH]2)C(=O)N(CCCN(C)CCS(C)(=O)=O)C4=O)c(C)c1. The van der Waals surface area contributed by atoms with Crippen molar-refractivity contribution in [2.24, 2.45) is 0 Å².